The molecule has 0 aliphatic carbocycles. The summed E-state index contributed by atoms with van der Waals surface area (Å²) >= 11 is 0. The van der Waals surface area contributed by atoms with Crippen LogP contribution in [0.1, 0.15) is 18.5 Å². The van der Waals surface area contributed by atoms with Gasteiger partial charge in [0, 0.05) is 6.04 Å². The van der Waals surface area contributed by atoms with Gasteiger partial charge >= 0.3 is 17.9 Å². The van der Waals surface area contributed by atoms with Gasteiger partial charge in [0.2, 0.25) is 0 Å². The summed E-state index contributed by atoms with van der Waals surface area (Å²) in [4.78, 5) is 36.9. The van der Waals surface area contributed by atoms with Crippen molar-refractivity contribution < 1.29 is 28.6 Å². The largest absolute Gasteiger partial charge is 0.469 e. The van der Waals surface area contributed by atoms with Gasteiger partial charge < -0.3 is 14.2 Å². The molecule has 0 radical (unpaired) electrons. The number of hydrogen-bond donors (Lipinski definition) is 1. The van der Waals surface area contributed by atoms with Crippen molar-refractivity contribution in [2.24, 2.45) is 11.8 Å². The number of carbonyl (C=O) groups is 3. The standard InChI is InChI=1S/C17H21NO6/c1-4-24-17(21)14-12(16(20)23-3)11(15(19)22-2)13(18-14)10-8-6-5-7-9-10/h5-9,11-14,18H,4H2,1-3H3/t11-,12+,13-,14-/m1/s1. The second kappa shape index (κ2) is 7.92. The maximum atomic E-state index is 12.3. The van der Waals surface area contributed by atoms with E-state index in [0.29, 0.717) is 0 Å². The van der Waals surface area contributed by atoms with Crippen LogP contribution < -0.4 is 5.32 Å². The molecule has 0 bridgehead atoms. The molecule has 1 saturated heterocycles. The van der Waals surface area contributed by atoms with Crippen LogP contribution in [-0.2, 0) is 28.6 Å². The molecule has 1 heterocycles. The van der Waals surface area contributed by atoms with E-state index in [4.69, 9.17) is 14.2 Å². The molecule has 0 aromatic heterocycles. The molecule has 24 heavy (non-hydrogen) atoms. The van der Waals surface area contributed by atoms with Gasteiger partial charge in [-0.05, 0) is 12.5 Å². The highest BCUT2D eigenvalue weighted by Gasteiger charge is 2.55. The van der Waals surface area contributed by atoms with Crippen molar-refractivity contribution in [1.82, 2.24) is 5.32 Å². The smallest absolute Gasteiger partial charge is 0.324 e. The third kappa shape index (κ3) is 3.41. The Morgan fingerprint density at radius 2 is 1.54 bits per heavy atom. The van der Waals surface area contributed by atoms with Crippen LogP contribution in [0.2, 0.25) is 0 Å². The van der Waals surface area contributed by atoms with E-state index in [9.17, 15) is 14.4 Å². The van der Waals surface area contributed by atoms with Crippen LogP contribution in [0.5, 0.6) is 0 Å². The van der Waals surface area contributed by atoms with Crippen molar-refractivity contribution in [3.8, 4) is 0 Å². The maximum absolute atomic E-state index is 12.3. The molecule has 0 saturated carbocycles. The predicted octanol–water partition coefficient (Wildman–Crippen LogP) is 0.841. The van der Waals surface area contributed by atoms with E-state index in [1.165, 1.54) is 14.2 Å². The molecule has 1 aromatic rings. The van der Waals surface area contributed by atoms with Crippen LogP contribution in [0.25, 0.3) is 0 Å². The summed E-state index contributed by atoms with van der Waals surface area (Å²) in [5.41, 5.74) is 0.772. The number of nitrogens with one attached hydrogen (secondary N) is 1. The molecule has 4 atom stereocenters. The molecule has 1 fully saturated rings. The first-order valence-corrected chi connectivity index (χ1v) is 7.68. The van der Waals surface area contributed by atoms with E-state index in [0.717, 1.165) is 5.56 Å². The summed E-state index contributed by atoms with van der Waals surface area (Å²) in [5.74, 6) is -3.75. The highest BCUT2D eigenvalue weighted by Crippen LogP contribution is 2.39. The highest BCUT2D eigenvalue weighted by atomic mass is 16.5. The van der Waals surface area contributed by atoms with Gasteiger partial charge in [0.25, 0.3) is 0 Å². The van der Waals surface area contributed by atoms with Gasteiger partial charge in [0.1, 0.15) is 6.04 Å². The third-order valence-corrected chi connectivity index (χ3v) is 4.11. The number of ether oxygens (including phenoxy) is 3. The van der Waals surface area contributed by atoms with Crippen LogP contribution in [0.4, 0.5) is 0 Å². The molecule has 0 amide bonds. The molecule has 1 N–H and O–H groups in total. The van der Waals surface area contributed by atoms with Gasteiger partial charge in [-0.3, -0.25) is 19.7 Å². The Hall–Kier alpha value is -2.41. The summed E-state index contributed by atoms with van der Waals surface area (Å²) in [7, 11) is 2.46. The van der Waals surface area contributed by atoms with E-state index in [1.54, 1.807) is 6.92 Å². The predicted molar refractivity (Wildman–Crippen MR) is 83.8 cm³/mol. The molecule has 1 aliphatic rings. The zero-order valence-corrected chi connectivity index (χ0v) is 13.9. The Balaban J connectivity index is 2.45. The normalized spacial score (nSPS) is 25.8. The van der Waals surface area contributed by atoms with Crippen molar-refractivity contribution in [3.05, 3.63) is 35.9 Å². The van der Waals surface area contributed by atoms with Crippen LogP contribution in [-0.4, -0.2) is 44.8 Å². The average Bonchev–Trinajstić information content (AvgIpc) is 3.02. The number of benzene rings is 1. The minimum atomic E-state index is -1.02. The van der Waals surface area contributed by atoms with Crippen LogP contribution in [0.15, 0.2) is 30.3 Å². The lowest BCUT2D eigenvalue weighted by Gasteiger charge is -2.21. The Morgan fingerprint density at radius 3 is 2.08 bits per heavy atom. The lowest BCUT2D eigenvalue weighted by Crippen LogP contribution is -2.42. The van der Waals surface area contributed by atoms with E-state index in [-0.39, 0.29) is 6.61 Å². The molecule has 7 heteroatoms. The number of rotatable bonds is 5. The van der Waals surface area contributed by atoms with Crippen LogP contribution in [0.3, 0.4) is 0 Å². The minimum Gasteiger partial charge on any atom is -0.469 e. The van der Waals surface area contributed by atoms with Crippen molar-refractivity contribution >= 4 is 17.9 Å². The number of hydrogen-bond acceptors (Lipinski definition) is 7. The summed E-state index contributed by atoms with van der Waals surface area (Å²) in [6.45, 7) is 1.84. The number of carbonyl (C=O) groups excluding carboxylic acids is 3. The summed E-state index contributed by atoms with van der Waals surface area (Å²) < 4.78 is 14.7. The van der Waals surface area contributed by atoms with Crippen LogP contribution >= 0.6 is 0 Å². The van der Waals surface area contributed by atoms with Gasteiger partial charge in [0.05, 0.1) is 32.7 Å². The fourth-order valence-corrected chi connectivity index (χ4v) is 3.06. The fourth-order valence-electron chi connectivity index (χ4n) is 3.06. The van der Waals surface area contributed by atoms with Gasteiger partial charge in [-0.25, -0.2) is 0 Å². The number of methoxy groups -OCH3 is 2. The lowest BCUT2D eigenvalue weighted by molar-refractivity contribution is -0.160. The first-order valence-electron chi connectivity index (χ1n) is 7.68. The zero-order chi connectivity index (χ0) is 17.7. The van der Waals surface area contributed by atoms with Gasteiger partial charge in [-0.1, -0.05) is 30.3 Å². The summed E-state index contributed by atoms with van der Waals surface area (Å²) in [6, 6.07) is 7.56. The van der Waals surface area contributed by atoms with Crippen molar-refractivity contribution in [1.29, 1.82) is 0 Å². The Kier molecular flexibility index (Phi) is 5.92. The molecule has 1 aliphatic heterocycles. The minimum absolute atomic E-state index is 0.170. The highest BCUT2D eigenvalue weighted by molar-refractivity contribution is 5.91. The van der Waals surface area contributed by atoms with E-state index in [2.05, 4.69) is 5.32 Å². The Labute approximate surface area is 140 Å². The first-order chi connectivity index (χ1) is 11.5. The van der Waals surface area contributed by atoms with E-state index < -0.39 is 41.8 Å². The van der Waals surface area contributed by atoms with Gasteiger partial charge in [-0.15, -0.1) is 0 Å². The summed E-state index contributed by atoms with van der Waals surface area (Å²) in [5, 5.41) is 3.05. The monoisotopic (exact) mass is 335 g/mol. The molecule has 1 aromatic carbocycles. The first kappa shape index (κ1) is 17.9. The van der Waals surface area contributed by atoms with Gasteiger partial charge in [0.15, 0.2) is 0 Å². The molecular weight excluding hydrogens is 314 g/mol. The SMILES string of the molecule is CCOC(=O)[C@@H]1N[C@H](c2ccccc2)[C@H](C(=O)OC)[C@@H]1C(=O)OC. The lowest BCUT2D eigenvalue weighted by atomic mass is 9.84. The third-order valence-electron chi connectivity index (χ3n) is 4.11. The van der Waals surface area contributed by atoms with E-state index >= 15 is 0 Å². The topological polar surface area (TPSA) is 90.9 Å². The molecule has 130 valence electrons. The van der Waals surface area contributed by atoms with Gasteiger partial charge in [-0.2, -0.15) is 0 Å². The van der Waals surface area contributed by atoms with Crippen LogP contribution in [0, 0.1) is 11.8 Å². The number of esters is 3. The summed E-state index contributed by atoms with van der Waals surface area (Å²) in [6.07, 6.45) is 0. The molecule has 2 rings (SSSR count). The van der Waals surface area contributed by atoms with Crippen molar-refractivity contribution in [3.63, 3.8) is 0 Å². The second-order valence-electron chi connectivity index (χ2n) is 5.38. The fraction of sp³-hybridized carbons (Fsp3) is 0.471. The van der Waals surface area contributed by atoms with Crippen molar-refractivity contribution in [2.45, 2.75) is 19.0 Å². The van der Waals surface area contributed by atoms with E-state index in [1.807, 2.05) is 30.3 Å². The Bertz CT molecular complexity index is 602. The quantitative estimate of drug-likeness (QED) is 0.630. The molecular formula is C17H21NO6. The Morgan fingerprint density at radius 1 is 0.958 bits per heavy atom. The molecule has 0 spiro atoms. The molecule has 7 nitrogen and oxygen atoms in total. The maximum Gasteiger partial charge on any atom is 0.324 e. The molecule has 0 unspecified atom stereocenters. The zero-order valence-electron chi connectivity index (χ0n) is 13.9. The second-order valence-corrected chi connectivity index (χ2v) is 5.38. The van der Waals surface area contributed by atoms with Crippen molar-refractivity contribution in [2.75, 3.05) is 20.8 Å². The average molecular weight is 335 g/mol.